The van der Waals surface area contributed by atoms with Gasteiger partial charge in [0.25, 0.3) is 0 Å². The smallest absolute Gasteiger partial charge is 0.387 e. The van der Waals surface area contributed by atoms with Crippen LogP contribution in [0.4, 0.5) is 14.5 Å². The Bertz CT molecular complexity index is 1810. The predicted octanol–water partition coefficient (Wildman–Crippen LogP) is 6.05. The first-order valence-electron chi connectivity index (χ1n) is 17.3. The molecule has 2 saturated carbocycles. The average Bonchev–Trinajstić information content (AvgIpc) is 4.04. The molecule has 0 amide bonds. The second kappa shape index (κ2) is 18.2. The molecule has 3 aromatic rings. The Labute approximate surface area is 317 Å². The number of aromatic amines is 1. The molecule has 12 nitrogen and oxygen atoms in total. The molecule has 0 spiro atoms. The van der Waals surface area contributed by atoms with Crippen molar-refractivity contribution in [3.63, 3.8) is 0 Å². The largest absolute Gasteiger partial charge is 0.870 e. The Morgan fingerprint density at radius 3 is 2.21 bits per heavy atom. The highest BCUT2D eigenvalue weighted by molar-refractivity contribution is 7.92. The third-order valence-electron chi connectivity index (χ3n) is 9.12. The maximum Gasteiger partial charge on any atom is 0.387 e. The molecular weight excluding hydrogens is 759 g/mol. The molecule has 6 rings (SSSR count). The van der Waals surface area contributed by atoms with Gasteiger partial charge in [0.05, 0.1) is 43.9 Å². The predicted molar refractivity (Wildman–Crippen MR) is 192 cm³/mol. The van der Waals surface area contributed by atoms with Crippen molar-refractivity contribution in [2.24, 2.45) is 11.8 Å². The molecule has 1 atom stereocenters. The van der Waals surface area contributed by atoms with Gasteiger partial charge in [-0.05, 0) is 73.4 Å². The van der Waals surface area contributed by atoms with Crippen molar-refractivity contribution in [3.05, 3.63) is 75.5 Å². The summed E-state index contributed by atoms with van der Waals surface area (Å²) in [6.07, 6.45) is 7.21. The minimum absolute atomic E-state index is 0. The van der Waals surface area contributed by atoms with E-state index in [2.05, 4.69) is 9.88 Å². The zero-order chi connectivity index (χ0) is 36.8. The number of hydrogen-bond donors (Lipinski definition) is 0. The number of sulfonamides is 1. The van der Waals surface area contributed by atoms with Crippen LogP contribution in [-0.2, 0) is 25.9 Å². The molecule has 290 valence electrons. The van der Waals surface area contributed by atoms with E-state index in [0.717, 1.165) is 31.9 Å². The first-order chi connectivity index (χ1) is 24.9. The number of carbonyl (C=O) groups is 1. The molecule has 2 N–H and O–H groups in total. The molecule has 3 fully saturated rings. The number of morpholine rings is 1. The first-order valence-corrected chi connectivity index (χ1v) is 19.9. The summed E-state index contributed by atoms with van der Waals surface area (Å²) in [7, 11) is -3.73. The Balaban J connectivity index is 0.00000541. The zero-order valence-corrected chi connectivity index (χ0v) is 31.5. The van der Waals surface area contributed by atoms with E-state index < -0.39 is 28.7 Å². The lowest BCUT2D eigenvalue weighted by atomic mass is 10.0. The highest BCUT2D eigenvalue weighted by Crippen LogP contribution is 2.39. The van der Waals surface area contributed by atoms with Gasteiger partial charge in [-0.3, -0.25) is 9.21 Å². The molecule has 0 radical (unpaired) electrons. The van der Waals surface area contributed by atoms with Gasteiger partial charge < -0.3 is 29.2 Å². The van der Waals surface area contributed by atoms with Crippen LogP contribution in [0.2, 0.25) is 10.0 Å². The fourth-order valence-electron chi connectivity index (χ4n) is 5.78. The van der Waals surface area contributed by atoms with Gasteiger partial charge in [0.2, 0.25) is 10.0 Å². The minimum atomic E-state index is -3.73. The number of halogens is 4. The number of benzene rings is 2. The van der Waals surface area contributed by atoms with Crippen molar-refractivity contribution < 1.29 is 56.1 Å². The summed E-state index contributed by atoms with van der Waals surface area (Å²) in [5, 5.41) is 0.601. The summed E-state index contributed by atoms with van der Waals surface area (Å²) in [4.78, 5) is 19.0. The molecule has 53 heavy (non-hydrogen) atoms. The summed E-state index contributed by atoms with van der Waals surface area (Å²) < 4.78 is 82.4. The number of hydrogen-bond acceptors (Lipinski definition) is 10. The summed E-state index contributed by atoms with van der Waals surface area (Å²) >= 11 is 13.0. The number of nitrogens with one attached hydrogen (secondary N) is 1. The SMILES string of the molecule is CS(=O)(=O)N(CCN1CCOCC1)c1ccc(C(=O)O[C@@H](Cc2c(Cl)c[nH+]cc2Cl)c2ccc(OC(F)F)c(OCC3CC3)c2)cc1OCC1CC1.[OH-]. The van der Waals surface area contributed by atoms with E-state index in [4.69, 9.17) is 46.9 Å². The minimum Gasteiger partial charge on any atom is -0.870 e. The number of ether oxygens (including phenoxy) is 5. The summed E-state index contributed by atoms with van der Waals surface area (Å²) in [6.45, 7) is 0.840. The number of anilines is 1. The number of carbonyl (C=O) groups excluding carboxylic acids is 1. The van der Waals surface area contributed by atoms with Crippen molar-refractivity contribution >= 4 is 44.9 Å². The number of aromatic nitrogens is 1. The second-order valence-corrected chi connectivity index (χ2v) is 16.0. The molecule has 0 bridgehead atoms. The third kappa shape index (κ3) is 11.5. The van der Waals surface area contributed by atoms with E-state index in [0.29, 0.717) is 84.8 Å². The number of nitrogens with zero attached hydrogens (tertiary/aromatic N) is 2. The second-order valence-electron chi connectivity index (χ2n) is 13.3. The van der Waals surface area contributed by atoms with Crippen LogP contribution < -0.4 is 23.5 Å². The fourth-order valence-corrected chi connectivity index (χ4v) is 7.24. The molecule has 2 aromatic carbocycles. The van der Waals surface area contributed by atoms with Crippen LogP contribution in [0.15, 0.2) is 48.8 Å². The van der Waals surface area contributed by atoms with E-state index in [9.17, 15) is 22.0 Å². The lowest BCUT2D eigenvalue weighted by molar-refractivity contribution is -0.377. The van der Waals surface area contributed by atoms with Crippen LogP contribution in [0.25, 0.3) is 0 Å². The van der Waals surface area contributed by atoms with E-state index in [1.165, 1.54) is 34.6 Å². The van der Waals surface area contributed by atoms with Crippen LogP contribution in [0.1, 0.15) is 53.3 Å². The van der Waals surface area contributed by atoms with Crippen molar-refractivity contribution in [1.82, 2.24) is 4.90 Å². The normalized spacial score (nSPS) is 16.8. The van der Waals surface area contributed by atoms with Gasteiger partial charge in [-0.25, -0.2) is 18.2 Å². The lowest BCUT2D eigenvalue weighted by Crippen LogP contribution is -2.43. The van der Waals surface area contributed by atoms with Crippen molar-refractivity contribution in [1.29, 1.82) is 0 Å². The standard InChI is InChI=1S/C36H41Cl2F2N3O8S.H2O/c1-52(45,46)43(11-10-42-12-14-47-15-13-42)30-8-6-26(17-33(30)48-21-23-2-3-23)35(44)50-32(18-27-28(37)19-41-20-29(27)38)25-7-9-31(51-36(39)40)34(16-25)49-22-24-4-5-24;/h6-9,16-17,19-20,23-24,32,36H,2-5,10-15,18,21-22H2,1H3;1H2/t32-;/m0./s1. The van der Waals surface area contributed by atoms with Crippen LogP contribution in [0.5, 0.6) is 17.2 Å². The molecule has 1 aromatic heterocycles. The van der Waals surface area contributed by atoms with Gasteiger partial charge in [-0.15, -0.1) is 0 Å². The van der Waals surface area contributed by atoms with Crippen molar-refractivity contribution in [2.75, 3.05) is 63.2 Å². The van der Waals surface area contributed by atoms with Gasteiger partial charge in [0.15, 0.2) is 23.9 Å². The maximum absolute atomic E-state index is 14.0. The maximum atomic E-state index is 14.0. The molecule has 2 heterocycles. The van der Waals surface area contributed by atoms with E-state index in [-0.39, 0.29) is 41.3 Å². The molecule has 17 heteroatoms. The zero-order valence-electron chi connectivity index (χ0n) is 29.1. The Hall–Kier alpha value is -3.47. The van der Waals surface area contributed by atoms with Gasteiger partial charge in [-0.1, -0.05) is 29.3 Å². The average molecular weight is 803 g/mol. The van der Waals surface area contributed by atoms with Crippen molar-refractivity contribution in [2.45, 2.75) is 44.8 Å². The summed E-state index contributed by atoms with van der Waals surface area (Å²) in [6, 6.07) is 8.91. The van der Waals surface area contributed by atoms with E-state index >= 15 is 0 Å². The molecule has 3 aliphatic rings. The third-order valence-corrected chi connectivity index (χ3v) is 11.0. The van der Waals surface area contributed by atoms with Crippen LogP contribution in [0.3, 0.4) is 0 Å². The lowest BCUT2D eigenvalue weighted by Gasteiger charge is -2.30. The van der Waals surface area contributed by atoms with Gasteiger partial charge in [0, 0.05) is 38.2 Å². The molecule has 0 unspecified atom stereocenters. The highest BCUT2D eigenvalue weighted by Gasteiger charge is 2.29. The number of pyridine rings is 1. The number of H-pyrrole nitrogens is 1. The molecular formula is C36H43Cl2F2N3O9S. The van der Waals surface area contributed by atoms with Crippen LogP contribution in [0, 0.1) is 11.8 Å². The Kier molecular flexibility index (Phi) is 14.0. The van der Waals surface area contributed by atoms with Crippen molar-refractivity contribution in [3.8, 4) is 17.2 Å². The van der Waals surface area contributed by atoms with E-state index in [1.807, 2.05) is 0 Å². The number of esters is 1. The number of rotatable bonds is 18. The van der Waals surface area contributed by atoms with E-state index in [1.54, 1.807) is 18.5 Å². The quantitative estimate of drug-likeness (QED) is 0.139. The fraction of sp³-hybridized carbons (Fsp3) is 0.500. The number of alkyl halides is 2. The molecule has 1 saturated heterocycles. The Morgan fingerprint density at radius 2 is 1.60 bits per heavy atom. The summed E-state index contributed by atoms with van der Waals surface area (Å²) in [5.41, 5.74) is 1.34. The first kappa shape index (κ1) is 40.7. The topological polar surface area (TPSA) is 148 Å². The molecule has 1 aliphatic heterocycles. The highest BCUT2D eigenvalue weighted by atomic mass is 35.5. The van der Waals surface area contributed by atoms with Crippen LogP contribution >= 0.6 is 23.2 Å². The molecule has 2 aliphatic carbocycles. The van der Waals surface area contributed by atoms with Gasteiger partial charge >= 0.3 is 12.6 Å². The van der Waals surface area contributed by atoms with Gasteiger partial charge in [-0.2, -0.15) is 8.78 Å². The monoisotopic (exact) mass is 801 g/mol. The Morgan fingerprint density at radius 1 is 0.962 bits per heavy atom. The van der Waals surface area contributed by atoms with Crippen LogP contribution in [-0.4, -0.2) is 90.2 Å². The summed E-state index contributed by atoms with van der Waals surface area (Å²) in [5.74, 6) is 0.106. The van der Waals surface area contributed by atoms with Gasteiger partial charge in [0.1, 0.15) is 21.9 Å².